The second-order valence-corrected chi connectivity index (χ2v) is 29.1. The summed E-state index contributed by atoms with van der Waals surface area (Å²) in [4.78, 5) is 37.5. The molecule has 21 nitrogen and oxygen atoms in total. The van der Waals surface area contributed by atoms with Gasteiger partial charge in [0.25, 0.3) is 0 Å². The van der Waals surface area contributed by atoms with Crippen molar-refractivity contribution in [3.63, 3.8) is 0 Å². The topological polar surface area (TPSA) is 278 Å². The average Bonchev–Trinajstić information content (AvgIpc) is 1.42. The van der Waals surface area contributed by atoms with Crippen LogP contribution in [0.3, 0.4) is 0 Å². The third-order valence-electron chi connectivity index (χ3n) is 16.4. The number of nitrogens with zero attached hydrogens (tertiary/aromatic N) is 21. The number of aryl methyl sites for hydroxylation is 3. The predicted molar refractivity (Wildman–Crippen MR) is 395 cm³/mol. The van der Waals surface area contributed by atoms with E-state index in [1.807, 2.05) is 116 Å². The van der Waals surface area contributed by atoms with Gasteiger partial charge in [-0.2, -0.15) is 39.5 Å². The minimum absolute atomic E-state index is 0. The number of pyridine rings is 6. The van der Waals surface area contributed by atoms with Crippen molar-refractivity contribution in [2.24, 2.45) is 0 Å². The van der Waals surface area contributed by atoms with E-state index in [9.17, 15) is 39.5 Å². The molecule has 0 radical (unpaired) electrons. The number of alkyl halides is 9. The van der Waals surface area contributed by atoms with Gasteiger partial charge in [0.2, 0.25) is 0 Å². The zero-order chi connectivity index (χ0) is 79.0. The maximum absolute atomic E-state index is 12.7. The Morgan fingerprint density at radius 1 is 0.277 bits per heavy atom. The van der Waals surface area contributed by atoms with Crippen molar-refractivity contribution in [2.75, 3.05) is 0 Å². The van der Waals surface area contributed by atoms with Gasteiger partial charge in [-0.3, -0.25) is 45.2 Å². The number of fused-ring (bicyclic) bond motifs is 3. The van der Waals surface area contributed by atoms with E-state index in [-0.39, 0.29) is 102 Å². The first-order chi connectivity index (χ1) is 51.1. The Hall–Kier alpha value is -10.2. The van der Waals surface area contributed by atoms with Crippen molar-refractivity contribution in [2.45, 2.75) is 144 Å². The van der Waals surface area contributed by atoms with Gasteiger partial charge in [0, 0.05) is 70.8 Å². The molecular weight excluding hydrogens is 2000 g/mol. The number of halogens is 9. The van der Waals surface area contributed by atoms with Crippen LogP contribution in [0, 0.1) is 20.8 Å². The van der Waals surface area contributed by atoms with Gasteiger partial charge in [-0.15, -0.1) is 0 Å². The molecular formula is C79H74F9N21Pt3. The van der Waals surface area contributed by atoms with Crippen LogP contribution in [0.1, 0.15) is 140 Å². The van der Waals surface area contributed by atoms with E-state index in [4.69, 9.17) is 0 Å². The van der Waals surface area contributed by atoms with Crippen molar-refractivity contribution in [3.05, 3.63) is 234 Å². The molecule has 588 valence electrons. The van der Waals surface area contributed by atoms with Gasteiger partial charge in [-0.25, -0.2) is 0 Å². The van der Waals surface area contributed by atoms with E-state index in [0.29, 0.717) is 52.0 Å². The SMILES string of the molecule is CC(C)(C)c1ccc2c(-c3cc(C(F)(F)F)n[n-]3)nccc2c1.CC(C)(C)c1ccc2cnc(-c3cc(C(F)(F)F)n[n-]3)cc2c1.CC(C)(C)c1ccc2cnc(-c3cc(C(F)(F)F)n[n-]3)cc2c1.Cc1n[n-]c(-c2cc(C(C)(C)C)ccn2)n1.Cc1n[n-]c(-c2ccccn2)n1.Cc1n[n-]c(-c2ccccn2)n1.[Pt+2].[Pt+2].[Pt+2]. The van der Waals surface area contributed by atoms with Crippen LogP contribution in [0.2, 0.25) is 0 Å². The van der Waals surface area contributed by atoms with Gasteiger partial charge >= 0.3 is 81.7 Å². The molecule has 3 aromatic carbocycles. The molecule has 12 heterocycles. The first-order valence-corrected chi connectivity index (χ1v) is 33.9. The monoisotopic (exact) mass is 2070 g/mol. The fraction of sp³-hybridized carbons (Fsp3) is 0.278. The van der Waals surface area contributed by atoms with Gasteiger partial charge in [-0.1, -0.05) is 167 Å². The van der Waals surface area contributed by atoms with Crippen molar-refractivity contribution >= 4 is 32.3 Å². The van der Waals surface area contributed by atoms with Crippen molar-refractivity contribution < 1.29 is 103 Å². The quantitative estimate of drug-likeness (QED) is 0.140. The zero-order valence-corrected chi connectivity index (χ0v) is 69.8. The van der Waals surface area contributed by atoms with Crippen LogP contribution in [0.25, 0.3) is 101 Å². The van der Waals surface area contributed by atoms with E-state index >= 15 is 0 Å². The summed E-state index contributed by atoms with van der Waals surface area (Å²) < 4.78 is 114. The molecule has 33 heteroatoms. The first-order valence-electron chi connectivity index (χ1n) is 33.9. The van der Waals surface area contributed by atoms with E-state index in [2.05, 4.69) is 189 Å². The summed E-state index contributed by atoms with van der Waals surface area (Å²) in [5.41, 5.74) is 5.58. The number of hydrogen-bond acceptors (Lipinski definition) is 15. The molecule has 0 N–H and O–H groups in total. The molecule has 0 spiro atoms. The number of benzene rings is 3. The summed E-state index contributed by atoms with van der Waals surface area (Å²) in [6, 6.07) is 41.3. The third kappa shape index (κ3) is 23.7. The van der Waals surface area contributed by atoms with Crippen LogP contribution in [-0.2, 0) is 103 Å². The summed E-state index contributed by atoms with van der Waals surface area (Å²) in [5, 5.41) is 49.0. The summed E-state index contributed by atoms with van der Waals surface area (Å²) >= 11 is 0. The van der Waals surface area contributed by atoms with Crippen molar-refractivity contribution in [3.8, 4) is 68.7 Å². The maximum Gasteiger partial charge on any atom is 2.00 e. The molecule has 0 bridgehead atoms. The standard InChI is InChI=1S/3C17H15F3N3.C12H15N4.2C8H7N4.3Pt/c2*1-16(2,3)12-5-4-10-9-21-13(7-11(10)6-12)14-8-15(23-22-14)17(18,19)20;1-16(2,3)11-4-5-12-10(8-11)6-7-21-15(12)13-9-14(23-22-13)17(18,19)20;1-8-14-11(16-15-8)10-7-9(5-6-13-10)12(2,3)4;2*1-6-10-8(12-11-6)7-4-2-3-5-9-7;;;/h3*4-9H,1-3H3;5-7H,1-4H3;2*2-5H,1H3;;;/q6*-1;3*+2. The van der Waals surface area contributed by atoms with Crippen LogP contribution in [0.4, 0.5) is 39.5 Å². The summed E-state index contributed by atoms with van der Waals surface area (Å²) in [6.45, 7) is 30.9. The molecule has 0 unspecified atom stereocenters. The molecule has 0 aliphatic heterocycles. The zero-order valence-electron chi connectivity index (χ0n) is 63.0. The minimum atomic E-state index is -4.50. The fourth-order valence-electron chi connectivity index (χ4n) is 10.3. The molecule has 112 heavy (non-hydrogen) atoms. The number of hydrogen-bond donors (Lipinski definition) is 0. The van der Waals surface area contributed by atoms with Gasteiger partial charge in [0.15, 0.2) is 0 Å². The number of rotatable bonds is 6. The van der Waals surface area contributed by atoms with Crippen LogP contribution in [0.15, 0.2) is 177 Å². The molecule has 0 aliphatic carbocycles. The van der Waals surface area contributed by atoms with Gasteiger partial charge in [0.05, 0.1) is 34.2 Å². The van der Waals surface area contributed by atoms with Crippen molar-refractivity contribution in [1.82, 2.24) is 106 Å². The summed E-state index contributed by atoms with van der Waals surface area (Å²) in [7, 11) is 0. The third-order valence-corrected chi connectivity index (χ3v) is 16.4. The Morgan fingerprint density at radius 3 is 0.982 bits per heavy atom. The second kappa shape index (κ2) is 36.5. The van der Waals surface area contributed by atoms with E-state index < -0.39 is 35.6 Å². The second-order valence-electron chi connectivity index (χ2n) is 29.1. The molecule has 0 amide bonds. The van der Waals surface area contributed by atoms with E-state index in [0.717, 1.165) is 84.3 Å². The summed E-state index contributed by atoms with van der Waals surface area (Å²) in [6.07, 6.45) is -3.44. The largest absolute Gasteiger partial charge is 2.00 e. The molecule has 0 saturated carbocycles. The van der Waals surface area contributed by atoms with Gasteiger partial charge < -0.3 is 60.8 Å². The molecule has 0 fully saturated rings. The fourth-order valence-corrected chi connectivity index (χ4v) is 10.3. The first kappa shape index (κ1) is 89.0. The van der Waals surface area contributed by atoms with Gasteiger partial charge in [0.1, 0.15) is 17.1 Å². The number of aromatic nitrogens is 21. The Morgan fingerprint density at radius 2 is 0.625 bits per heavy atom. The molecule has 15 rings (SSSR count). The van der Waals surface area contributed by atoms with Crippen molar-refractivity contribution in [1.29, 1.82) is 0 Å². The Labute approximate surface area is 682 Å². The van der Waals surface area contributed by atoms with Crippen LogP contribution in [-0.4, -0.2) is 75.4 Å². The summed E-state index contributed by atoms with van der Waals surface area (Å²) in [5.74, 6) is 3.81. The minimum Gasteiger partial charge on any atom is -0.573 e. The van der Waals surface area contributed by atoms with E-state index in [1.54, 1.807) is 63.2 Å². The normalized spacial score (nSPS) is 11.7. The molecule has 0 saturated heterocycles. The Balaban J connectivity index is 0.000000189. The Bertz CT molecular complexity index is 5300. The van der Waals surface area contributed by atoms with Crippen LogP contribution in [0.5, 0.6) is 0 Å². The molecule has 12 aromatic heterocycles. The molecule has 0 aliphatic rings. The maximum atomic E-state index is 12.7. The van der Waals surface area contributed by atoms with Gasteiger partial charge in [-0.05, 0) is 171 Å². The molecule has 15 aromatic rings. The Kier molecular flexibility index (Phi) is 29.0. The van der Waals surface area contributed by atoms with E-state index in [1.165, 1.54) is 5.56 Å². The smallest absolute Gasteiger partial charge is 0.573 e. The predicted octanol–water partition coefficient (Wildman–Crippen LogP) is 17.4. The van der Waals surface area contributed by atoms with Crippen LogP contribution >= 0.6 is 0 Å². The average molecular weight is 2070 g/mol. The molecule has 0 atom stereocenters. The van der Waals surface area contributed by atoms with Crippen LogP contribution < -0.4 is 30.6 Å².